The van der Waals surface area contributed by atoms with Crippen LogP contribution in [0.25, 0.3) is 0 Å². The molecule has 0 bridgehead atoms. The van der Waals surface area contributed by atoms with Crippen molar-refractivity contribution >= 4 is 10.0 Å². The van der Waals surface area contributed by atoms with Crippen LogP contribution in [-0.2, 0) is 16.6 Å². The zero-order valence-corrected chi connectivity index (χ0v) is 11.5. The fraction of sp³-hybridized carbons (Fsp3) is 0.583. The summed E-state index contributed by atoms with van der Waals surface area (Å²) in [7, 11) is -3.18. The lowest BCUT2D eigenvalue weighted by Gasteiger charge is -2.07. The van der Waals surface area contributed by atoms with E-state index in [1.807, 2.05) is 6.07 Å². The molecule has 0 aliphatic heterocycles. The molecule has 1 heterocycles. The van der Waals surface area contributed by atoms with Crippen LogP contribution in [0.4, 0.5) is 0 Å². The van der Waals surface area contributed by atoms with E-state index in [-0.39, 0.29) is 5.75 Å². The van der Waals surface area contributed by atoms with Gasteiger partial charge >= 0.3 is 0 Å². The van der Waals surface area contributed by atoms with Crippen LogP contribution >= 0.6 is 0 Å². The molecule has 0 spiro atoms. The van der Waals surface area contributed by atoms with E-state index >= 15 is 0 Å². The molecule has 0 saturated carbocycles. The van der Waals surface area contributed by atoms with Crippen LogP contribution in [0.3, 0.4) is 0 Å². The summed E-state index contributed by atoms with van der Waals surface area (Å²) < 4.78 is 25.9. The second-order valence-corrected chi connectivity index (χ2v) is 6.03. The molecule has 1 aromatic rings. The highest BCUT2D eigenvalue weighted by Crippen LogP contribution is 1.97. The fourth-order valence-electron chi connectivity index (χ4n) is 1.46. The minimum atomic E-state index is -3.18. The van der Waals surface area contributed by atoms with E-state index < -0.39 is 10.0 Å². The van der Waals surface area contributed by atoms with Crippen molar-refractivity contribution in [1.82, 2.24) is 15.0 Å². The van der Waals surface area contributed by atoms with Gasteiger partial charge in [0.1, 0.15) is 0 Å². The van der Waals surface area contributed by atoms with Crippen LogP contribution in [0.15, 0.2) is 24.5 Å². The fourth-order valence-corrected chi connectivity index (χ4v) is 2.51. The molecule has 0 saturated heterocycles. The number of aromatic nitrogens is 1. The van der Waals surface area contributed by atoms with Gasteiger partial charge in [-0.1, -0.05) is 13.0 Å². The molecule has 1 aromatic heterocycles. The van der Waals surface area contributed by atoms with Crippen LogP contribution in [0.2, 0.25) is 0 Å². The van der Waals surface area contributed by atoms with Crippen molar-refractivity contribution in [2.75, 3.05) is 18.8 Å². The SMILES string of the molecule is CCCNCCCS(=O)(=O)NCc1cccnc1. The van der Waals surface area contributed by atoms with E-state index in [0.29, 0.717) is 13.0 Å². The molecule has 0 fully saturated rings. The van der Waals surface area contributed by atoms with Gasteiger partial charge in [-0.15, -0.1) is 0 Å². The number of sulfonamides is 1. The Morgan fingerprint density at radius 3 is 2.83 bits per heavy atom. The van der Waals surface area contributed by atoms with E-state index in [0.717, 1.165) is 25.1 Å². The molecule has 0 unspecified atom stereocenters. The molecular weight excluding hydrogens is 250 g/mol. The van der Waals surface area contributed by atoms with Gasteiger partial charge in [0, 0.05) is 18.9 Å². The van der Waals surface area contributed by atoms with Gasteiger partial charge in [-0.3, -0.25) is 4.98 Å². The topological polar surface area (TPSA) is 71.1 Å². The van der Waals surface area contributed by atoms with Crippen molar-refractivity contribution in [3.63, 3.8) is 0 Å². The van der Waals surface area contributed by atoms with E-state index in [1.54, 1.807) is 18.5 Å². The molecule has 5 nitrogen and oxygen atoms in total. The van der Waals surface area contributed by atoms with E-state index in [1.165, 1.54) is 0 Å². The summed E-state index contributed by atoms with van der Waals surface area (Å²) in [5.41, 5.74) is 0.866. The average Bonchev–Trinajstić information content (AvgIpc) is 2.38. The smallest absolute Gasteiger partial charge is 0.211 e. The van der Waals surface area contributed by atoms with Crippen molar-refractivity contribution < 1.29 is 8.42 Å². The predicted molar refractivity (Wildman–Crippen MR) is 72.6 cm³/mol. The van der Waals surface area contributed by atoms with Crippen LogP contribution in [0, 0.1) is 0 Å². The van der Waals surface area contributed by atoms with Crippen LogP contribution in [0.1, 0.15) is 25.3 Å². The minimum absolute atomic E-state index is 0.157. The van der Waals surface area contributed by atoms with Gasteiger partial charge in [0.2, 0.25) is 10.0 Å². The Labute approximate surface area is 109 Å². The maximum Gasteiger partial charge on any atom is 0.211 e. The summed E-state index contributed by atoms with van der Waals surface area (Å²) in [6.45, 7) is 4.06. The summed E-state index contributed by atoms with van der Waals surface area (Å²) in [5, 5.41) is 3.18. The van der Waals surface area contributed by atoms with Crippen molar-refractivity contribution in [3.8, 4) is 0 Å². The molecular formula is C12H21N3O2S. The first-order chi connectivity index (χ1) is 8.64. The number of pyridine rings is 1. The largest absolute Gasteiger partial charge is 0.317 e. The average molecular weight is 271 g/mol. The van der Waals surface area contributed by atoms with Gasteiger partial charge in [-0.25, -0.2) is 13.1 Å². The Morgan fingerprint density at radius 2 is 2.17 bits per heavy atom. The maximum atomic E-state index is 11.7. The standard InChI is InChI=1S/C12H21N3O2S/c1-2-6-13-8-4-9-18(16,17)15-11-12-5-3-7-14-10-12/h3,5,7,10,13,15H,2,4,6,8-9,11H2,1H3. The molecule has 2 N–H and O–H groups in total. The molecule has 1 rings (SSSR count). The lowest BCUT2D eigenvalue weighted by atomic mass is 10.3. The Morgan fingerprint density at radius 1 is 1.33 bits per heavy atom. The summed E-state index contributed by atoms with van der Waals surface area (Å²) in [6, 6.07) is 3.64. The van der Waals surface area contributed by atoms with Gasteiger partial charge in [0.25, 0.3) is 0 Å². The lowest BCUT2D eigenvalue weighted by molar-refractivity contribution is 0.574. The monoisotopic (exact) mass is 271 g/mol. The maximum absolute atomic E-state index is 11.7. The first kappa shape index (κ1) is 15.1. The summed E-state index contributed by atoms with van der Waals surface area (Å²) in [4.78, 5) is 3.94. The Kier molecular flexibility index (Phi) is 6.85. The van der Waals surface area contributed by atoms with Crippen LogP contribution in [0.5, 0.6) is 0 Å². The Bertz CT molecular complexity index is 420. The van der Waals surface area contributed by atoms with E-state index in [9.17, 15) is 8.42 Å². The van der Waals surface area contributed by atoms with Gasteiger partial charge in [-0.2, -0.15) is 0 Å². The number of nitrogens with zero attached hydrogens (tertiary/aromatic N) is 1. The van der Waals surface area contributed by atoms with Gasteiger partial charge in [0.15, 0.2) is 0 Å². The van der Waals surface area contributed by atoms with Gasteiger partial charge < -0.3 is 5.32 Å². The number of hydrogen-bond donors (Lipinski definition) is 2. The highest BCUT2D eigenvalue weighted by atomic mass is 32.2. The predicted octanol–water partition coefficient (Wildman–Crippen LogP) is 0.891. The third-order valence-corrected chi connectivity index (χ3v) is 3.82. The second kappa shape index (κ2) is 8.18. The lowest BCUT2D eigenvalue weighted by Crippen LogP contribution is -2.28. The highest BCUT2D eigenvalue weighted by Gasteiger charge is 2.09. The molecule has 0 atom stereocenters. The zero-order chi connectivity index (χ0) is 13.3. The quantitative estimate of drug-likeness (QED) is 0.654. The molecule has 0 aliphatic carbocycles. The first-order valence-corrected chi connectivity index (χ1v) is 7.86. The summed E-state index contributed by atoms with van der Waals surface area (Å²) in [5.74, 6) is 0.157. The number of rotatable bonds is 9. The zero-order valence-electron chi connectivity index (χ0n) is 10.7. The Hall–Kier alpha value is -0.980. The molecule has 0 amide bonds. The summed E-state index contributed by atoms with van der Waals surface area (Å²) in [6.07, 6.45) is 5.01. The van der Waals surface area contributed by atoms with Crippen molar-refractivity contribution in [3.05, 3.63) is 30.1 Å². The van der Waals surface area contributed by atoms with Gasteiger partial charge in [0.05, 0.1) is 5.75 Å². The first-order valence-electron chi connectivity index (χ1n) is 6.21. The molecule has 6 heteroatoms. The van der Waals surface area contributed by atoms with Crippen LogP contribution < -0.4 is 10.0 Å². The molecule has 102 valence electrons. The molecule has 18 heavy (non-hydrogen) atoms. The van der Waals surface area contributed by atoms with E-state index in [2.05, 4.69) is 21.9 Å². The normalized spacial score (nSPS) is 11.6. The van der Waals surface area contributed by atoms with Gasteiger partial charge in [-0.05, 0) is 37.6 Å². The molecule has 0 radical (unpaired) electrons. The number of nitrogens with one attached hydrogen (secondary N) is 2. The molecule has 0 aliphatic rings. The molecule has 0 aromatic carbocycles. The second-order valence-electron chi connectivity index (χ2n) is 4.10. The van der Waals surface area contributed by atoms with E-state index in [4.69, 9.17) is 0 Å². The Balaban J connectivity index is 2.23. The van der Waals surface area contributed by atoms with Crippen LogP contribution in [-0.4, -0.2) is 32.2 Å². The minimum Gasteiger partial charge on any atom is -0.317 e. The third-order valence-electron chi connectivity index (χ3n) is 2.41. The van der Waals surface area contributed by atoms with Crippen molar-refractivity contribution in [1.29, 1.82) is 0 Å². The van der Waals surface area contributed by atoms with Crippen molar-refractivity contribution in [2.24, 2.45) is 0 Å². The third kappa shape index (κ3) is 6.68. The van der Waals surface area contributed by atoms with Crippen molar-refractivity contribution in [2.45, 2.75) is 26.3 Å². The number of hydrogen-bond acceptors (Lipinski definition) is 4. The summed E-state index contributed by atoms with van der Waals surface area (Å²) >= 11 is 0. The highest BCUT2D eigenvalue weighted by molar-refractivity contribution is 7.89.